The molecule has 2 unspecified atom stereocenters. The number of rotatable bonds is 4. The van der Waals surface area contributed by atoms with E-state index >= 15 is 0 Å². The number of morpholine rings is 1. The Morgan fingerprint density at radius 1 is 0.878 bits per heavy atom. The van der Waals surface area contributed by atoms with E-state index in [4.69, 9.17) is 18.8 Å². The molecule has 2 fully saturated rings. The number of ether oxygens (including phenoxy) is 2. The summed E-state index contributed by atoms with van der Waals surface area (Å²) in [5.74, 6) is 0.0424. The van der Waals surface area contributed by atoms with Crippen molar-refractivity contribution >= 4 is 24.2 Å². The second-order valence-corrected chi connectivity index (χ2v) is 12.6. The predicted molar refractivity (Wildman–Crippen MR) is 160 cm³/mol. The summed E-state index contributed by atoms with van der Waals surface area (Å²) in [6.45, 7) is 9.56. The fraction of sp³-hybridized carbons (Fsp3) is 0.382. The second kappa shape index (κ2) is 9.86. The summed E-state index contributed by atoms with van der Waals surface area (Å²) >= 11 is 0. The normalized spacial score (nSPS) is 24.0. The Morgan fingerprint density at radius 3 is 2.10 bits per heavy atom. The smallest absolute Gasteiger partial charge is 0.448 e. The highest BCUT2D eigenvalue weighted by molar-refractivity contribution is 6.62. The van der Waals surface area contributed by atoms with E-state index in [9.17, 15) is 4.79 Å². The summed E-state index contributed by atoms with van der Waals surface area (Å²) in [7, 11) is -0.383. The van der Waals surface area contributed by atoms with E-state index in [1.54, 1.807) is 0 Å². The van der Waals surface area contributed by atoms with Crippen molar-refractivity contribution in [3.05, 3.63) is 95.6 Å². The van der Waals surface area contributed by atoms with Crippen LogP contribution in [0.15, 0.2) is 78.9 Å². The van der Waals surface area contributed by atoms with Crippen LogP contribution in [0.25, 0.3) is 16.7 Å². The van der Waals surface area contributed by atoms with Gasteiger partial charge in [-0.3, -0.25) is 4.90 Å². The van der Waals surface area contributed by atoms with Crippen LogP contribution in [0.5, 0.6) is 0 Å². The van der Waals surface area contributed by atoms with Crippen molar-refractivity contribution in [1.82, 2.24) is 4.90 Å². The standard InChI is InChI=1S/C34H36BNO5/c1-33(2)34(3,4)41-35(40-33)24-15-13-22(14-16-24)23-17-25-19-38-20-26(18-23)36(25)32(37)39-21-31-29-11-7-5-9-27(29)28-10-6-8-12-30(28)31/h5-17,25-26,31H,18-21H2,1-4H3. The maximum atomic E-state index is 13.5. The highest BCUT2D eigenvalue weighted by atomic mass is 16.7. The van der Waals surface area contributed by atoms with Gasteiger partial charge in [0.2, 0.25) is 0 Å². The fourth-order valence-electron chi connectivity index (χ4n) is 6.60. The Balaban J connectivity index is 1.06. The van der Waals surface area contributed by atoms with Crippen LogP contribution in [0.2, 0.25) is 0 Å². The van der Waals surface area contributed by atoms with Crippen LogP contribution in [-0.2, 0) is 18.8 Å². The summed E-state index contributed by atoms with van der Waals surface area (Å²) in [6, 6.07) is 25.0. The lowest BCUT2D eigenvalue weighted by molar-refractivity contribution is -0.0331. The molecule has 2 bridgehead atoms. The quantitative estimate of drug-likeness (QED) is 0.386. The number of hydrogen-bond donors (Lipinski definition) is 0. The number of hydrogen-bond acceptors (Lipinski definition) is 5. The maximum Gasteiger partial charge on any atom is 0.494 e. The maximum absolute atomic E-state index is 13.5. The molecule has 1 aliphatic carbocycles. The highest BCUT2D eigenvalue weighted by Gasteiger charge is 2.51. The third-order valence-electron chi connectivity index (χ3n) is 9.55. The van der Waals surface area contributed by atoms with E-state index in [0.717, 1.165) is 17.4 Å². The lowest BCUT2D eigenvalue weighted by Crippen LogP contribution is -2.56. The molecule has 0 aromatic heterocycles. The molecule has 3 aliphatic heterocycles. The molecule has 7 heteroatoms. The minimum atomic E-state index is -0.383. The Bertz CT molecular complexity index is 1450. The van der Waals surface area contributed by atoms with Gasteiger partial charge in [-0.25, -0.2) is 4.79 Å². The Kier molecular flexibility index (Phi) is 6.38. The number of benzene rings is 3. The van der Waals surface area contributed by atoms with Gasteiger partial charge in [-0.05, 0) is 73.0 Å². The highest BCUT2D eigenvalue weighted by Crippen LogP contribution is 2.45. The van der Waals surface area contributed by atoms with Gasteiger partial charge in [-0.2, -0.15) is 0 Å². The van der Waals surface area contributed by atoms with E-state index in [1.807, 2.05) is 4.90 Å². The molecular formula is C34H36BNO5. The summed E-state index contributed by atoms with van der Waals surface area (Å²) in [5, 5.41) is 0. The summed E-state index contributed by atoms with van der Waals surface area (Å²) in [4.78, 5) is 15.4. The molecule has 7 rings (SSSR count). The van der Waals surface area contributed by atoms with Crippen LogP contribution < -0.4 is 5.46 Å². The molecule has 3 aromatic carbocycles. The van der Waals surface area contributed by atoms with Crippen LogP contribution in [-0.4, -0.2) is 61.2 Å². The van der Waals surface area contributed by atoms with Gasteiger partial charge in [0.1, 0.15) is 6.61 Å². The van der Waals surface area contributed by atoms with Crippen molar-refractivity contribution < 1.29 is 23.6 Å². The zero-order chi connectivity index (χ0) is 28.4. The van der Waals surface area contributed by atoms with E-state index in [-0.39, 0.29) is 42.4 Å². The van der Waals surface area contributed by atoms with Gasteiger partial charge in [-0.1, -0.05) is 78.9 Å². The first-order chi connectivity index (χ1) is 19.7. The number of amides is 1. The lowest BCUT2D eigenvalue weighted by atomic mass is 9.78. The molecule has 4 aliphatic rings. The van der Waals surface area contributed by atoms with Gasteiger partial charge < -0.3 is 18.8 Å². The number of carbonyl (C=O) groups excluding carboxylic acids is 1. The first-order valence-corrected chi connectivity index (χ1v) is 14.6. The molecule has 0 spiro atoms. The van der Waals surface area contributed by atoms with Crippen molar-refractivity contribution in [3.8, 4) is 11.1 Å². The van der Waals surface area contributed by atoms with Crippen molar-refractivity contribution in [1.29, 1.82) is 0 Å². The van der Waals surface area contributed by atoms with Crippen LogP contribution in [0.3, 0.4) is 0 Å². The molecule has 1 amide bonds. The first-order valence-electron chi connectivity index (χ1n) is 14.6. The molecule has 2 atom stereocenters. The molecule has 6 nitrogen and oxygen atoms in total. The zero-order valence-electron chi connectivity index (χ0n) is 24.1. The molecule has 3 heterocycles. The van der Waals surface area contributed by atoms with Crippen molar-refractivity contribution in [2.75, 3.05) is 19.8 Å². The minimum Gasteiger partial charge on any atom is -0.448 e. The fourth-order valence-corrected chi connectivity index (χ4v) is 6.60. The monoisotopic (exact) mass is 549 g/mol. The average molecular weight is 549 g/mol. The second-order valence-electron chi connectivity index (χ2n) is 12.6. The van der Waals surface area contributed by atoms with Gasteiger partial charge in [0.25, 0.3) is 0 Å². The van der Waals surface area contributed by atoms with Crippen molar-refractivity contribution in [2.45, 2.75) is 63.3 Å². The average Bonchev–Trinajstić information content (AvgIpc) is 3.40. The van der Waals surface area contributed by atoms with E-state index < -0.39 is 0 Å². The van der Waals surface area contributed by atoms with Gasteiger partial charge in [0.15, 0.2) is 0 Å². The van der Waals surface area contributed by atoms with E-state index in [1.165, 1.54) is 27.8 Å². The van der Waals surface area contributed by atoms with E-state index in [0.29, 0.717) is 19.8 Å². The van der Waals surface area contributed by atoms with Crippen LogP contribution in [0, 0.1) is 0 Å². The summed E-state index contributed by atoms with van der Waals surface area (Å²) in [6.07, 6.45) is 2.62. The van der Waals surface area contributed by atoms with E-state index in [2.05, 4.69) is 107 Å². The van der Waals surface area contributed by atoms with Crippen LogP contribution >= 0.6 is 0 Å². The molecule has 210 valence electrons. The summed E-state index contributed by atoms with van der Waals surface area (Å²) < 4.78 is 24.4. The summed E-state index contributed by atoms with van der Waals surface area (Å²) in [5.41, 5.74) is 7.52. The predicted octanol–water partition coefficient (Wildman–Crippen LogP) is 5.79. The molecule has 2 saturated heterocycles. The number of carbonyl (C=O) groups is 1. The molecule has 0 radical (unpaired) electrons. The van der Waals surface area contributed by atoms with Crippen molar-refractivity contribution in [2.24, 2.45) is 0 Å². The van der Waals surface area contributed by atoms with Gasteiger partial charge in [0.05, 0.1) is 36.5 Å². The van der Waals surface area contributed by atoms with Crippen molar-refractivity contribution in [3.63, 3.8) is 0 Å². The molecular weight excluding hydrogens is 513 g/mol. The Morgan fingerprint density at radius 2 is 1.49 bits per heavy atom. The first kappa shape index (κ1) is 26.5. The molecule has 0 N–H and O–H groups in total. The van der Waals surface area contributed by atoms with Gasteiger partial charge in [0, 0.05) is 5.92 Å². The molecule has 41 heavy (non-hydrogen) atoms. The van der Waals surface area contributed by atoms with Gasteiger partial charge in [-0.15, -0.1) is 0 Å². The lowest BCUT2D eigenvalue weighted by Gasteiger charge is -2.44. The SMILES string of the molecule is CC1(C)OB(c2ccc(C3=CC4COCC(C3)N4C(=O)OCC3c4ccccc4-c4ccccc43)cc2)OC1(C)C. The zero-order valence-corrected chi connectivity index (χ0v) is 24.1. The minimum absolute atomic E-state index is 0.0424. The van der Waals surface area contributed by atoms with Crippen LogP contribution in [0.1, 0.15) is 56.7 Å². The Labute approximate surface area is 242 Å². The van der Waals surface area contributed by atoms with Gasteiger partial charge >= 0.3 is 13.2 Å². The number of nitrogens with zero attached hydrogens (tertiary/aromatic N) is 1. The third kappa shape index (κ3) is 4.51. The van der Waals surface area contributed by atoms with Crippen LogP contribution in [0.4, 0.5) is 4.79 Å². The number of fused-ring (bicyclic) bond motifs is 5. The Hall–Kier alpha value is -3.39. The third-order valence-corrected chi connectivity index (χ3v) is 9.55. The molecule has 0 saturated carbocycles. The topological polar surface area (TPSA) is 57.2 Å². The molecule has 3 aromatic rings. The largest absolute Gasteiger partial charge is 0.494 e.